The zero-order chi connectivity index (χ0) is 27.2. The molecule has 10 heteroatoms. The van der Waals surface area contributed by atoms with Gasteiger partial charge < -0.3 is 10.1 Å². The van der Waals surface area contributed by atoms with E-state index in [-0.39, 0.29) is 5.91 Å². The molecule has 7 nitrogen and oxygen atoms in total. The summed E-state index contributed by atoms with van der Waals surface area (Å²) in [6.07, 6.45) is 6.97. The number of ether oxygens (including phenoxy) is 1. The first kappa shape index (κ1) is 27.4. The Morgan fingerprint density at radius 1 is 1.00 bits per heavy atom. The molecule has 2 heterocycles. The fourth-order valence-electron chi connectivity index (χ4n) is 3.75. The normalized spacial score (nSPS) is 13.9. The molecule has 1 fully saturated rings. The molecule has 0 aliphatic carbocycles. The van der Waals surface area contributed by atoms with Crippen molar-refractivity contribution in [3.63, 3.8) is 0 Å². The highest BCUT2D eigenvalue weighted by Crippen LogP contribution is 2.33. The highest BCUT2D eigenvalue weighted by Gasteiger charge is 2.32. The van der Waals surface area contributed by atoms with Crippen molar-refractivity contribution in [1.29, 1.82) is 0 Å². The van der Waals surface area contributed by atoms with Crippen molar-refractivity contribution in [2.75, 3.05) is 24.5 Å². The Kier molecular flexibility index (Phi) is 8.88. The molecule has 0 unspecified atom stereocenters. The number of nitrogens with one attached hydrogen (secondary N) is 1. The summed E-state index contributed by atoms with van der Waals surface area (Å²) >= 11 is 9.01. The number of anilines is 1. The number of amides is 1. The number of para-hydroxylation sites is 2. The molecule has 1 N–H and O–H groups in total. The van der Waals surface area contributed by atoms with Crippen LogP contribution in [0.2, 0.25) is 0 Å². The number of methoxy groups -OCH3 is 1. The number of benzene rings is 3. The van der Waals surface area contributed by atoms with Crippen molar-refractivity contribution in [3.05, 3.63) is 101 Å². The second-order valence-electron chi connectivity index (χ2n) is 8.27. The van der Waals surface area contributed by atoms with E-state index in [9.17, 15) is 9.00 Å². The van der Waals surface area contributed by atoms with E-state index < -0.39 is 10.8 Å². The van der Waals surface area contributed by atoms with E-state index in [4.69, 9.17) is 22.1 Å². The molecular weight excluding hydrogens is 584 g/mol. The average molecular weight is 610 g/mol. The van der Waals surface area contributed by atoms with Crippen molar-refractivity contribution >= 4 is 61.7 Å². The molecular formula is C28H25BrN4O3S2. The summed E-state index contributed by atoms with van der Waals surface area (Å²) < 4.78 is 17.5. The Labute approximate surface area is 237 Å². The van der Waals surface area contributed by atoms with Crippen LogP contribution in [0.3, 0.4) is 0 Å². The van der Waals surface area contributed by atoms with Gasteiger partial charge in [0.2, 0.25) is 0 Å². The standard InChI is InChI=1S/C26H19BrN4O2S.C2H6OS/c1-33-23-13-12-17(14-21(23)27)24-18(16-30(29-24)19-8-4-2-5-9-19)15-22-25(32)31(26(34)28-22)20-10-6-3-7-11-20;1-4(2)3/h2-16H,1H3,(H,28,34);1-2H3/b22-15-;. The van der Waals surface area contributed by atoms with E-state index in [1.54, 1.807) is 30.4 Å². The molecule has 194 valence electrons. The Morgan fingerprint density at radius 2 is 1.61 bits per heavy atom. The van der Waals surface area contributed by atoms with Crippen LogP contribution < -0.4 is 15.0 Å². The van der Waals surface area contributed by atoms with E-state index in [2.05, 4.69) is 21.2 Å². The van der Waals surface area contributed by atoms with Gasteiger partial charge >= 0.3 is 0 Å². The number of halogens is 1. The van der Waals surface area contributed by atoms with Crippen molar-refractivity contribution in [2.45, 2.75) is 0 Å². The summed E-state index contributed by atoms with van der Waals surface area (Å²) in [7, 11) is 1.01. The predicted octanol–water partition coefficient (Wildman–Crippen LogP) is 5.57. The number of carbonyl (C=O) groups is 1. The summed E-state index contributed by atoms with van der Waals surface area (Å²) in [5.41, 5.74) is 4.38. The van der Waals surface area contributed by atoms with Crippen LogP contribution in [0.5, 0.6) is 5.75 Å². The molecule has 4 aromatic rings. The minimum atomic E-state index is -0.611. The monoisotopic (exact) mass is 608 g/mol. The highest BCUT2D eigenvalue weighted by atomic mass is 79.9. The van der Waals surface area contributed by atoms with Gasteiger partial charge in [0, 0.05) is 40.6 Å². The molecule has 0 bridgehead atoms. The molecule has 1 aliphatic heterocycles. The van der Waals surface area contributed by atoms with Gasteiger partial charge in [0.1, 0.15) is 17.1 Å². The second-order valence-corrected chi connectivity index (χ2v) is 11.0. The zero-order valence-electron chi connectivity index (χ0n) is 20.9. The molecule has 0 radical (unpaired) electrons. The van der Waals surface area contributed by atoms with Crippen LogP contribution in [0.25, 0.3) is 23.0 Å². The number of carbonyl (C=O) groups excluding carboxylic acids is 1. The van der Waals surface area contributed by atoms with Crippen LogP contribution in [0.15, 0.2) is 95.2 Å². The van der Waals surface area contributed by atoms with Crippen LogP contribution in [-0.2, 0) is 15.6 Å². The third-order valence-electron chi connectivity index (χ3n) is 5.38. The number of hydrogen-bond acceptors (Lipinski definition) is 5. The fourth-order valence-corrected chi connectivity index (χ4v) is 4.59. The topological polar surface area (TPSA) is 76.5 Å². The molecule has 5 rings (SSSR count). The van der Waals surface area contributed by atoms with Crippen LogP contribution in [0.4, 0.5) is 5.69 Å². The first-order valence-corrected chi connectivity index (χ1v) is 14.6. The lowest BCUT2D eigenvalue weighted by atomic mass is 10.1. The van der Waals surface area contributed by atoms with Gasteiger partial charge in [-0.1, -0.05) is 36.4 Å². The summed E-state index contributed by atoms with van der Waals surface area (Å²) in [6, 6.07) is 24.9. The van der Waals surface area contributed by atoms with Crippen LogP contribution in [0, 0.1) is 0 Å². The van der Waals surface area contributed by atoms with Crippen LogP contribution in [0.1, 0.15) is 5.56 Å². The molecule has 1 saturated heterocycles. The predicted molar refractivity (Wildman–Crippen MR) is 161 cm³/mol. The maximum atomic E-state index is 13.2. The van der Waals surface area contributed by atoms with Gasteiger partial charge in [-0.3, -0.25) is 13.9 Å². The quantitative estimate of drug-likeness (QED) is 0.236. The van der Waals surface area contributed by atoms with E-state index in [1.165, 1.54) is 4.90 Å². The van der Waals surface area contributed by atoms with Crippen molar-refractivity contribution in [1.82, 2.24) is 15.1 Å². The van der Waals surface area contributed by atoms with Gasteiger partial charge in [-0.15, -0.1) is 0 Å². The van der Waals surface area contributed by atoms with E-state index in [0.29, 0.717) is 16.5 Å². The summed E-state index contributed by atoms with van der Waals surface area (Å²) in [4.78, 5) is 14.7. The van der Waals surface area contributed by atoms with Gasteiger partial charge in [-0.25, -0.2) is 4.68 Å². The molecule has 0 atom stereocenters. The third-order valence-corrected chi connectivity index (χ3v) is 6.29. The summed E-state index contributed by atoms with van der Waals surface area (Å²) in [6.45, 7) is 0. The van der Waals surface area contributed by atoms with Gasteiger partial charge in [0.15, 0.2) is 5.11 Å². The third kappa shape index (κ3) is 6.27. The molecule has 3 aromatic carbocycles. The van der Waals surface area contributed by atoms with Crippen molar-refractivity contribution in [3.8, 4) is 22.7 Å². The van der Waals surface area contributed by atoms with Crippen molar-refractivity contribution in [2.24, 2.45) is 0 Å². The Morgan fingerprint density at radius 3 is 2.18 bits per heavy atom. The Balaban J connectivity index is 0.000000786. The Bertz CT molecular complexity index is 1520. The minimum absolute atomic E-state index is 0.217. The summed E-state index contributed by atoms with van der Waals surface area (Å²) in [5.74, 6) is 0.508. The fraction of sp³-hybridized carbons (Fsp3) is 0.107. The molecule has 0 saturated carbocycles. The number of aromatic nitrogens is 2. The number of hydrogen-bond donors (Lipinski definition) is 1. The maximum Gasteiger partial charge on any atom is 0.281 e. The number of thiocarbonyl (C=S) groups is 1. The van der Waals surface area contributed by atoms with Gasteiger partial charge in [-0.2, -0.15) is 5.10 Å². The van der Waals surface area contributed by atoms with Gasteiger partial charge in [-0.05, 0) is 76.7 Å². The zero-order valence-corrected chi connectivity index (χ0v) is 24.1. The minimum Gasteiger partial charge on any atom is -0.496 e. The highest BCUT2D eigenvalue weighted by molar-refractivity contribution is 9.10. The molecule has 1 aliphatic rings. The van der Waals surface area contributed by atoms with E-state index in [1.807, 2.05) is 85.1 Å². The van der Waals surface area contributed by atoms with E-state index in [0.717, 1.165) is 32.7 Å². The number of nitrogens with zero attached hydrogens (tertiary/aromatic N) is 3. The smallest absolute Gasteiger partial charge is 0.281 e. The van der Waals surface area contributed by atoms with E-state index >= 15 is 0 Å². The first-order valence-electron chi connectivity index (χ1n) is 11.4. The second kappa shape index (κ2) is 12.3. The Hall–Kier alpha value is -3.60. The lowest BCUT2D eigenvalue weighted by Gasteiger charge is -2.13. The first-order chi connectivity index (χ1) is 18.3. The largest absolute Gasteiger partial charge is 0.496 e. The van der Waals surface area contributed by atoms with Crippen molar-refractivity contribution < 1.29 is 13.7 Å². The molecule has 1 amide bonds. The summed E-state index contributed by atoms with van der Waals surface area (Å²) in [5, 5.41) is 8.24. The average Bonchev–Trinajstić information content (AvgIpc) is 3.45. The van der Waals surface area contributed by atoms with Gasteiger partial charge in [0.05, 0.1) is 23.0 Å². The van der Waals surface area contributed by atoms with Crippen LogP contribution in [-0.4, -0.2) is 44.6 Å². The lowest BCUT2D eigenvalue weighted by Crippen LogP contribution is -2.30. The molecule has 38 heavy (non-hydrogen) atoms. The molecule has 1 aromatic heterocycles. The maximum absolute atomic E-state index is 13.2. The van der Waals surface area contributed by atoms with Gasteiger partial charge in [0.25, 0.3) is 5.91 Å². The van der Waals surface area contributed by atoms with Crippen LogP contribution >= 0.6 is 28.1 Å². The number of rotatable bonds is 5. The molecule has 0 spiro atoms. The SMILES string of the molecule is COc1ccc(-c2nn(-c3ccccc3)cc2/C=C2\NC(=S)N(c3ccccc3)C2=O)cc1Br.CS(C)=O. The lowest BCUT2D eigenvalue weighted by molar-refractivity contribution is -0.113.